The van der Waals surface area contributed by atoms with Crippen LogP contribution in [0.25, 0.3) is 0 Å². The fourth-order valence-electron chi connectivity index (χ4n) is 1.94. The van der Waals surface area contributed by atoms with Gasteiger partial charge in [0.15, 0.2) is 6.61 Å². The van der Waals surface area contributed by atoms with Crippen LogP contribution in [0.3, 0.4) is 0 Å². The van der Waals surface area contributed by atoms with Crippen molar-refractivity contribution in [2.75, 3.05) is 6.61 Å². The first-order chi connectivity index (χ1) is 11.1. The average Bonchev–Trinajstić information content (AvgIpc) is 2.59. The third kappa shape index (κ3) is 4.53. The van der Waals surface area contributed by atoms with Crippen molar-refractivity contribution in [3.8, 4) is 11.8 Å². The van der Waals surface area contributed by atoms with Gasteiger partial charge in [0, 0.05) is 12.1 Å². The van der Waals surface area contributed by atoms with Crippen LogP contribution in [0.5, 0.6) is 5.75 Å². The predicted molar refractivity (Wildman–Crippen MR) is 80.8 cm³/mol. The number of nitriles is 1. The summed E-state index contributed by atoms with van der Waals surface area (Å²) in [5, 5.41) is 20.6. The Hall–Kier alpha value is -2.91. The summed E-state index contributed by atoms with van der Waals surface area (Å²) in [4.78, 5) is 11.8. The average molecular weight is 314 g/mol. The number of carbonyl (C=O) groups is 1. The molecule has 0 unspecified atom stereocenters. The zero-order chi connectivity index (χ0) is 16.7. The number of amides is 1. The lowest BCUT2D eigenvalue weighted by Crippen LogP contribution is -2.28. The molecule has 1 amide bonds. The lowest BCUT2D eigenvalue weighted by atomic mass is 10.1. The number of rotatable bonds is 6. The number of nitrogens with one attached hydrogen (secondary N) is 1. The quantitative estimate of drug-likeness (QED) is 0.853. The van der Waals surface area contributed by atoms with Crippen molar-refractivity contribution in [3.05, 3.63) is 65.0 Å². The largest absolute Gasteiger partial charge is 0.482 e. The summed E-state index contributed by atoms with van der Waals surface area (Å²) in [6.45, 7) is -0.441. The maximum Gasteiger partial charge on any atom is 0.258 e. The first-order valence-electron chi connectivity index (χ1n) is 6.91. The van der Waals surface area contributed by atoms with Crippen LogP contribution in [-0.2, 0) is 17.9 Å². The third-order valence-electron chi connectivity index (χ3n) is 3.14. The van der Waals surface area contributed by atoms with E-state index in [9.17, 15) is 9.18 Å². The smallest absolute Gasteiger partial charge is 0.258 e. The molecule has 0 aliphatic rings. The van der Waals surface area contributed by atoms with Gasteiger partial charge in [-0.1, -0.05) is 18.2 Å². The topological polar surface area (TPSA) is 82.3 Å². The molecule has 5 nitrogen and oxygen atoms in total. The van der Waals surface area contributed by atoms with Crippen molar-refractivity contribution in [2.24, 2.45) is 0 Å². The van der Waals surface area contributed by atoms with Crippen molar-refractivity contribution in [2.45, 2.75) is 13.2 Å². The molecule has 0 aliphatic carbocycles. The molecule has 2 N–H and O–H groups in total. The normalized spacial score (nSPS) is 9.96. The van der Waals surface area contributed by atoms with E-state index >= 15 is 0 Å². The first kappa shape index (κ1) is 16.5. The summed E-state index contributed by atoms with van der Waals surface area (Å²) in [6, 6.07) is 12.9. The number of para-hydroxylation sites is 1. The summed E-state index contributed by atoms with van der Waals surface area (Å²) in [5.41, 5.74) is 1.20. The molecule has 0 spiro atoms. The molecule has 0 heterocycles. The van der Waals surface area contributed by atoms with Gasteiger partial charge in [-0.2, -0.15) is 5.26 Å². The van der Waals surface area contributed by atoms with Gasteiger partial charge in [0.05, 0.1) is 12.2 Å². The van der Waals surface area contributed by atoms with E-state index in [2.05, 4.69) is 5.32 Å². The van der Waals surface area contributed by atoms with Crippen molar-refractivity contribution >= 4 is 5.91 Å². The number of benzene rings is 2. The number of hydrogen-bond donors (Lipinski definition) is 2. The molecule has 2 aromatic rings. The molecule has 2 rings (SSSR count). The van der Waals surface area contributed by atoms with Gasteiger partial charge in [0.25, 0.3) is 5.91 Å². The highest BCUT2D eigenvalue weighted by Crippen LogP contribution is 2.16. The summed E-state index contributed by atoms with van der Waals surface area (Å²) in [5.74, 6) is -0.513. The number of aliphatic hydroxyl groups excluding tert-OH is 1. The molecule has 0 saturated heterocycles. The molecule has 23 heavy (non-hydrogen) atoms. The highest BCUT2D eigenvalue weighted by atomic mass is 19.1. The summed E-state index contributed by atoms with van der Waals surface area (Å²) in [6.07, 6.45) is 0. The molecule has 0 bridgehead atoms. The van der Waals surface area contributed by atoms with Gasteiger partial charge in [-0.25, -0.2) is 4.39 Å². The molecular formula is C17H15FN2O3. The van der Waals surface area contributed by atoms with E-state index in [0.717, 1.165) is 0 Å². The second-order valence-electron chi connectivity index (χ2n) is 4.76. The highest BCUT2D eigenvalue weighted by molar-refractivity contribution is 5.77. The van der Waals surface area contributed by atoms with Gasteiger partial charge >= 0.3 is 0 Å². The van der Waals surface area contributed by atoms with Gasteiger partial charge in [-0.05, 0) is 29.8 Å². The van der Waals surface area contributed by atoms with E-state index in [-0.39, 0.29) is 24.6 Å². The molecule has 0 atom stereocenters. The number of halogens is 1. The predicted octanol–water partition coefficient (Wildman–Crippen LogP) is 1.88. The van der Waals surface area contributed by atoms with E-state index in [0.29, 0.717) is 16.9 Å². The van der Waals surface area contributed by atoms with Crippen LogP contribution >= 0.6 is 0 Å². The second kappa shape index (κ2) is 7.92. The fraction of sp³-hybridized carbons (Fsp3) is 0.176. The number of hydrogen-bond acceptors (Lipinski definition) is 4. The van der Waals surface area contributed by atoms with Gasteiger partial charge in [0.1, 0.15) is 17.6 Å². The van der Waals surface area contributed by atoms with E-state index in [1.54, 1.807) is 24.3 Å². The Morgan fingerprint density at radius 2 is 2.09 bits per heavy atom. The van der Waals surface area contributed by atoms with E-state index in [4.69, 9.17) is 15.1 Å². The van der Waals surface area contributed by atoms with Gasteiger partial charge in [-0.15, -0.1) is 0 Å². The fourth-order valence-corrected chi connectivity index (χ4v) is 1.94. The summed E-state index contributed by atoms with van der Waals surface area (Å²) >= 11 is 0. The molecule has 0 aliphatic heterocycles. The van der Waals surface area contributed by atoms with Crippen LogP contribution in [0.15, 0.2) is 42.5 Å². The van der Waals surface area contributed by atoms with Crippen molar-refractivity contribution in [3.63, 3.8) is 0 Å². The Balaban J connectivity index is 1.87. The maximum atomic E-state index is 13.3. The molecular weight excluding hydrogens is 299 g/mol. The summed E-state index contributed by atoms with van der Waals surface area (Å²) < 4.78 is 18.6. The van der Waals surface area contributed by atoms with Crippen LogP contribution in [0, 0.1) is 17.1 Å². The third-order valence-corrected chi connectivity index (χ3v) is 3.14. The maximum absolute atomic E-state index is 13.3. The van der Waals surface area contributed by atoms with Gasteiger partial charge < -0.3 is 15.2 Å². The minimum absolute atomic E-state index is 0.177. The molecule has 118 valence electrons. The Morgan fingerprint density at radius 3 is 2.83 bits per heavy atom. The van der Waals surface area contributed by atoms with Crippen molar-refractivity contribution in [1.29, 1.82) is 5.26 Å². The minimum atomic E-state index is -0.487. The Labute approximate surface area is 132 Å². The van der Waals surface area contributed by atoms with Gasteiger partial charge in [0.2, 0.25) is 0 Å². The van der Waals surface area contributed by atoms with Crippen molar-refractivity contribution < 1.29 is 19.0 Å². The van der Waals surface area contributed by atoms with Crippen molar-refractivity contribution in [1.82, 2.24) is 5.32 Å². The SMILES string of the molecule is N#Cc1ccccc1OCC(=O)NCc1ccc(F)c(CO)c1. The minimum Gasteiger partial charge on any atom is -0.482 e. The Kier molecular flexibility index (Phi) is 5.67. The molecule has 0 aromatic heterocycles. The molecule has 0 saturated carbocycles. The number of aliphatic hydroxyl groups is 1. The lowest BCUT2D eigenvalue weighted by Gasteiger charge is -2.09. The van der Waals surface area contributed by atoms with Crippen LogP contribution in [0.1, 0.15) is 16.7 Å². The zero-order valence-electron chi connectivity index (χ0n) is 12.3. The lowest BCUT2D eigenvalue weighted by molar-refractivity contribution is -0.123. The highest BCUT2D eigenvalue weighted by Gasteiger charge is 2.07. The van der Waals surface area contributed by atoms with Gasteiger partial charge in [-0.3, -0.25) is 4.79 Å². The van der Waals surface area contributed by atoms with Crippen LogP contribution in [-0.4, -0.2) is 17.6 Å². The monoisotopic (exact) mass is 314 g/mol. The summed E-state index contributed by atoms with van der Waals surface area (Å²) in [7, 11) is 0. The number of carbonyl (C=O) groups excluding carboxylic acids is 1. The number of nitrogens with zero attached hydrogens (tertiary/aromatic N) is 1. The van der Waals surface area contributed by atoms with E-state index in [1.165, 1.54) is 18.2 Å². The van der Waals surface area contributed by atoms with Crippen LogP contribution in [0.2, 0.25) is 0 Å². The second-order valence-corrected chi connectivity index (χ2v) is 4.76. The zero-order valence-corrected chi connectivity index (χ0v) is 12.3. The van der Waals surface area contributed by atoms with E-state index in [1.807, 2.05) is 6.07 Å². The molecule has 0 fully saturated rings. The Bertz CT molecular complexity index is 741. The number of ether oxygens (including phenoxy) is 1. The standard InChI is InChI=1S/C17H15FN2O3/c18-15-6-5-12(7-14(15)10-21)9-20-17(22)11-23-16-4-2-1-3-13(16)8-19/h1-7,21H,9-11H2,(H,20,22). The Morgan fingerprint density at radius 1 is 1.30 bits per heavy atom. The van der Waals surface area contributed by atoms with E-state index < -0.39 is 12.4 Å². The molecule has 2 aromatic carbocycles. The van der Waals surface area contributed by atoms with Crippen LogP contribution < -0.4 is 10.1 Å². The first-order valence-corrected chi connectivity index (χ1v) is 6.91. The molecule has 6 heteroatoms. The molecule has 0 radical (unpaired) electrons. The van der Waals surface area contributed by atoms with Crippen LogP contribution in [0.4, 0.5) is 4.39 Å².